The third-order valence-corrected chi connectivity index (χ3v) is 5.58. The minimum Gasteiger partial charge on any atom is -0.481 e. The lowest BCUT2D eigenvalue weighted by molar-refractivity contribution is -0.137. The number of amides is 2. The molecule has 0 saturated carbocycles. The van der Waals surface area contributed by atoms with Gasteiger partial charge in [-0.25, -0.2) is 4.79 Å². The SMILES string of the molecule is CC(C)=CCC(NC(=O)OCC1c2ccccc2-c2ccccc21)C(=O)N[C@@H](C)CC(=O)O. The normalized spacial score (nSPS) is 13.8. The first-order chi connectivity index (χ1) is 15.8. The summed E-state index contributed by atoms with van der Waals surface area (Å²) in [6.07, 6.45) is 1.23. The van der Waals surface area contributed by atoms with Gasteiger partial charge in [0.25, 0.3) is 0 Å². The second-order valence-corrected chi connectivity index (χ2v) is 8.55. The van der Waals surface area contributed by atoms with Gasteiger partial charge in [0, 0.05) is 12.0 Å². The van der Waals surface area contributed by atoms with Crippen molar-refractivity contribution < 1.29 is 24.2 Å². The Hall–Kier alpha value is -3.61. The van der Waals surface area contributed by atoms with Crippen LogP contribution >= 0.6 is 0 Å². The number of alkyl carbamates (subject to hydrolysis) is 1. The average Bonchev–Trinajstić information content (AvgIpc) is 3.08. The van der Waals surface area contributed by atoms with Crippen LogP contribution in [0.4, 0.5) is 4.79 Å². The van der Waals surface area contributed by atoms with Crippen LogP contribution < -0.4 is 10.6 Å². The Labute approximate surface area is 193 Å². The highest BCUT2D eigenvalue weighted by Gasteiger charge is 2.30. The van der Waals surface area contributed by atoms with Crippen molar-refractivity contribution in [3.63, 3.8) is 0 Å². The second kappa shape index (κ2) is 10.8. The largest absolute Gasteiger partial charge is 0.481 e. The summed E-state index contributed by atoms with van der Waals surface area (Å²) in [4.78, 5) is 36.2. The number of aliphatic carboxylic acids is 1. The smallest absolute Gasteiger partial charge is 0.407 e. The Balaban J connectivity index is 1.66. The fraction of sp³-hybridized carbons (Fsp3) is 0.346. The maximum atomic E-state index is 12.7. The molecule has 2 aromatic rings. The summed E-state index contributed by atoms with van der Waals surface area (Å²) >= 11 is 0. The summed E-state index contributed by atoms with van der Waals surface area (Å²) in [5.41, 5.74) is 5.48. The number of rotatable bonds is 9. The van der Waals surface area contributed by atoms with Crippen molar-refractivity contribution in [3.8, 4) is 11.1 Å². The number of hydrogen-bond donors (Lipinski definition) is 3. The number of carbonyl (C=O) groups is 3. The Morgan fingerprint density at radius 1 is 1.00 bits per heavy atom. The number of benzene rings is 2. The Kier molecular flexibility index (Phi) is 7.87. The molecule has 0 spiro atoms. The number of nitrogens with one attached hydrogen (secondary N) is 2. The number of carbonyl (C=O) groups excluding carboxylic acids is 2. The third-order valence-electron chi connectivity index (χ3n) is 5.58. The van der Waals surface area contributed by atoms with Crippen LogP contribution in [-0.4, -0.2) is 41.8 Å². The highest BCUT2D eigenvalue weighted by molar-refractivity contribution is 5.86. The van der Waals surface area contributed by atoms with Crippen LogP contribution in [0.15, 0.2) is 60.2 Å². The highest BCUT2D eigenvalue weighted by Crippen LogP contribution is 2.44. The van der Waals surface area contributed by atoms with Crippen LogP contribution in [0.5, 0.6) is 0 Å². The van der Waals surface area contributed by atoms with E-state index in [0.717, 1.165) is 27.8 Å². The van der Waals surface area contributed by atoms with Crippen LogP contribution in [0.25, 0.3) is 11.1 Å². The van der Waals surface area contributed by atoms with E-state index in [9.17, 15) is 14.4 Å². The number of fused-ring (bicyclic) bond motifs is 3. The van der Waals surface area contributed by atoms with Gasteiger partial charge in [0.15, 0.2) is 0 Å². The molecular weight excluding hydrogens is 420 g/mol. The molecule has 7 nitrogen and oxygen atoms in total. The van der Waals surface area contributed by atoms with Crippen LogP contribution in [-0.2, 0) is 14.3 Å². The Bertz CT molecular complexity index is 1010. The number of ether oxygens (including phenoxy) is 1. The van der Waals surface area contributed by atoms with Gasteiger partial charge < -0.3 is 20.5 Å². The highest BCUT2D eigenvalue weighted by atomic mass is 16.5. The van der Waals surface area contributed by atoms with E-state index in [-0.39, 0.29) is 25.4 Å². The van der Waals surface area contributed by atoms with E-state index >= 15 is 0 Å². The first-order valence-corrected chi connectivity index (χ1v) is 11.0. The van der Waals surface area contributed by atoms with Crippen molar-refractivity contribution in [2.24, 2.45) is 0 Å². The number of carboxylic acids is 1. The van der Waals surface area contributed by atoms with E-state index in [4.69, 9.17) is 9.84 Å². The van der Waals surface area contributed by atoms with Gasteiger partial charge in [-0.05, 0) is 49.4 Å². The maximum Gasteiger partial charge on any atom is 0.407 e. The lowest BCUT2D eigenvalue weighted by atomic mass is 9.98. The first-order valence-electron chi connectivity index (χ1n) is 11.0. The third kappa shape index (κ3) is 6.22. The molecule has 0 bridgehead atoms. The van der Waals surface area contributed by atoms with Gasteiger partial charge in [-0.3, -0.25) is 9.59 Å². The molecule has 1 aliphatic rings. The summed E-state index contributed by atoms with van der Waals surface area (Å²) in [6, 6.07) is 14.7. The van der Waals surface area contributed by atoms with Gasteiger partial charge in [-0.2, -0.15) is 0 Å². The molecule has 1 aliphatic carbocycles. The van der Waals surface area contributed by atoms with Crippen LogP contribution in [0, 0.1) is 0 Å². The summed E-state index contributed by atoms with van der Waals surface area (Å²) in [7, 11) is 0. The summed E-state index contributed by atoms with van der Waals surface area (Å²) in [5, 5.41) is 14.2. The van der Waals surface area contributed by atoms with E-state index in [0.29, 0.717) is 0 Å². The maximum absolute atomic E-state index is 12.7. The topological polar surface area (TPSA) is 105 Å². The monoisotopic (exact) mass is 450 g/mol. The molecule has 174 valence electrons. The summed E-state index contributed by atoms with van der Waals surface area (Å²) in [6.45, 7) is 5.55. The standard InChI is InChI=1S/C26H30N2O5/c1-16(2)12-13-23(25(31)27-17(3)14-24(29)30)28-26(32)33-15-22-20-10-6-4-8-18(20)19-9-5-7-11-21(19)22/h4-12,17,22-23H,13-15H2,1-3H3,(H,27,31)(H,28,32)(H,29,30)/t17-,23?/m0/s1. The van der Waals surface area contributed by atoms with Crippen molar-refractivity contribution in [1.29, 1.82) is 0 Å². The predicted octanol–water partition coefficient (Wildman–Crippen LogP) is 4.23. The second-order valence-electron chi connectivity index (χ2n) is 8.55. The molecule has 0 aliphatic heterocycles. The number of allylic oxidation sites excluding steroid dienone is 1. The zero-order valence-electron chi connectivity index (χ0n) is 19.1. The van der Waals surface area contributed by atoms with E-state index in [2.05, 4.69) is 22.8 Å². The molecule has 0 saturated heterocycles. The van der Waals surface area contributed by atoms with Crippen molar-refractivity contribution in [2.75, 3.05) is 6.61 Å². The Morgan fingerprint density at radius 2 is 1.58 bits per heavy atom. The molecule has 0 heterocycles. The number of carboxylic acid groups (broad SMARTS) is 1. The van der Waals surface area contributed by atoms with Gasteiger partial charge >= 0.3 is 12.1 Å². The zero-order valence-corrected chi connectivity index (χ0v) is 19.1. The average molecular weight is 451 g/mol. The van der Waals surface area contributed by atoms with Gasteiger partial charge in [0.2, 0.25) is 5.91 Å². The lowest BCUT2D eigenvalue weighted by Crippen LogP contribution is -2.49. The molecule has 2 amide bonds. The molecule has 0 aromatic heterocycles. The molecule has 0 fully saturated rings. The van der Waals surface area contributed by atoms with Gasteiger partial charge in [0.05, 0.1) is 6.42 Å². The predicted molar refractivity (Wildman–Crippen MR) is 126 cm³/mol. The fourth-order valence-electron chi connectivity index (χ4n) is 4.02. The Morgan fingerprint density at radius 3 is 2.12 bits per heavy atom. The van der Waals surface area contributed by atoms with Crippen LogP contribution in [0.1, 0.15) is 50.7 Å². The molecule has 3 N–H and O–H groups in total. The molecule has 2 atom stereocenters. The molecule has 1 unspecified atom stereocenters. The zero-order chi connectivity index (χ0) is 24.0. The van der Waals surface area contributed by atoms with E-state index in [1.165, 1.54) is 0 Å². The van der Waals surface area contributed by atoms with Crippen LogP contribution in [0.3, 0.4) is 0 Å². The van der Waals surface area contributed by atoms with Crippen molar-refractivity contribution in [2.45, 2.75) is 51.6 Å². The van der Waals surface area contributed by atoms with Gasteiger partial charge in [-0.1, -0.05) is 60.2 Å². The minimum atomic E-state index is -1.01. The quantitative estimate of drug-likeness (QED) is 0.496. The first kappa shape index (κ1) is 24.0. The van der Waals surface area contributed by atoms with Crippen molar-refractivity contribution in [3.05, 3.63) is 71.3 Å². The summed E-state index contributed by atoms with van der Waals surface area (Å²) in [5.74, 6) is -1.54. The van der Waals surface area contributed by atoms with Crippen LogP contribution in [0.2, 0.25) is 0 Å². The fourth-order valence-corrected chi connectivity index (χ4v) is 4.02. The summed E-state index contributed by atoms with van der Waals surface area (Å²) < 4.78 is 5.55. The lowest BCUT2D eigenvalue weighted by Gasteiger charge is -2.21. The van der Waals surface area contributed by atoms with Gasteiger partial charge in [0.1, 0.15) is 12.6 Å². The van der Waals surface area contributed by atoms with E-state index in [1.807, 2.05) is 56.3 Å². The number of hydrogen-bond acceptors (Lipinski definition) is 4. The molecule has 33 heavy (non-hydrogen) atoms. The van der Waals surface area contributed by atoms with E-state index < -0.39 is 30.1 Å². The van der Waals surface area contributed by atoms with E-state index in [1.54, 1.807) is 6.92 Å². The molecule has 2 aromatic carbocycles. The molecule has 0 radical (unpaired) electrons. The molecular formula is C26H30N2O5. The molecule has 3 rings (SSSR count). The minimum absolute atomic E-state index is 0.0798. The van der Waals surface area contributed by atoms with Crippen molar-refractivity contribution >= 4 is 18.0 Å². The molecule has 7 heteroatoms. The van der Waals surface area contributed by atoms with Crippen molar-refractivity contribution in [1.82, 2.24) is 10.6 Å². The van der Waals surface area contributed by atoms with Gasteiger partial charge in [-0.15, -0.1) is 0 Å².